The van der Waals surface area contributed by atoms with E-state index >= 15 is 0 Å². The van der Waals surface area contributed by atoms with Crippen LogP contribution in [-0.4, -0.2) is 30.5 Å². The fourth-order valence-corrected chi connectivity index (χ4v) is 3.02. The van der Waals surface area contributed by atoms with Crippen molar-refractivity contribution in [2.45, 2.75) is 13.5 Å². The van der Waals surface area contributed by atoms with Gasteiger partial charge in [-0.1, -0.05) is 23.7 Å². The normalized spacial score (nSPS) is 10.9. The Morgan fingerprint density at radius 1 is 1.00 bits per heavy atom. The molecule has 0 aliphatic rings. The van der Waals surface area contributed by atoms with Crippen LogP contribution >= 0.6 is 11.6 Å². The number of halogens is 1. The SMILES string of the molecule is CCNC(=O)/C=C(\NCc1ccc(Cl)cc1)Nc1ccc(Oc2cncc(C(=O)OC)c2)cc1. The molecule has 8 nitrogen and oxygen atoms in total. The summed E-state index contributed by atoms with van der Waals surface area (Å²) in [6.45, 7) is 2.88. The first-order valence-corrected chi connectivity index (χ1v) is 10.9. The molecular formula is C25H25ClN4O4. The topological polar surface area (TPSA) is 102 Å². The molecule has 0 fully saturated rings. The molecule has 3 rings (SSSR count). The van der Waals surface area contributed by atoms with Crippen LogP contribution in [0.15, 0.2) is 78.9 Å². The highest BCUT2D eigenvalue weighted by Gasteiger charge is 2.08. The summed E-state index contributed by atoms with van der Waals surface area (Å²) in [6, 6.07) is 16.1. The van der Waals surface area contributed by atoms with Crippen LogP contribution in [0.4, 0.5) is 5.69 Å². The molecule has 0 aliphatic carbocycles. The second kappa shape index (κ2) is 12.3. The molecule has 1 amide bonds. The summed E-state index contributed by atoms with van der Waals surface area (Å²) < 4.78 is 10.5. The number of carbonyl (C=O) groups excluding carboxylic acids is 2. The van der Waals surface area contributed by atoms with E-state index in [0.717, 1.165) is 11.3 Å². The first-order valence-electron chi connectivity index (χ1n) is 10.5. The molecule has 3 aromatic rings. The monoisotopic (exact) mass is 480 g/mol. The maximum atomic E-state index is 12.1. The molecule has 0 radical (unpaired) electrons. The van der Waals surface area contributed by atoms with Crippen molar-refractivity contribution in [1.29, 1.82) is 0 Å². The Kier molecular flexibility index (Phi) is 8.88. The molecule has 0 saturated heterocycles. The third kappa shape index (κ3) is 7.53. The standard InChI is InChI=1S/C25H25ClN4O4/c1-3-28-24(31)13-23(29-14-17-4-6-19(26)7-5-17)30-20-8-10-21(11-9-20)34-22-12-18(15-27-16-22)25(32)33-2/h4-13,15-16,29-30H,3,14H2,1-2H3,(H,28,31)/b23-13+. The van der Waals surface area contributed by atoms with Gasteiger partial charge in [0.1, 0.15) is 17.3 Å². The van der Waals surface area contributed by atoms with Gasteiger partial charge in [0.15, 0.2) is 0 Å². The van der Waals surface area contributed by atoms with Gasteiger partial charge in [-0.3, -0.25) is 9.78 Å². The summed E-state index contributed by atoms with van der Waals surface area (Å²) in [4.78, 5) is 27.8. The Morgan fingerprint density at radius 3 is 2.41 bits per heavy atom. The highest BCUT2D eigenvalue weighted by atomic mass is 35.5. The van der Waals surface area contributed by atoms with Crippen LogP contribution in [0.25, 0.3) is 0 Å². The zero-order valence-electron chi connectivity index (χ0n) is 18.8. The van der Waals surface area contributed by atoms with Gasteiger partial charge in [0.25, 0.3) is 0 Å². The van der Waals surface area contributed by atoms with E-state index < -0.39 is 5.97 Å². The number of nitrogens with zero attached hydrogens (tertiary/aromatic N) is 1. The van der Waals surface area contributed by atoms with Gasteiger partial charge in [0, 0.05) is 36.1 Å². The number of benzene rings is 2. The molecule has 9 heteroatoms. The van der Waals surface area contributed by atoms with Gasteiger partial charge in [0.2, 0.25) is 5.91 Å². The van der Waals surface area contributed by atoms with Crippen molar-refractivity contribution >= 4 is 29.2 Å². The van der Waals surface area contributed by atoms with Gasteiger partial charge >= 0.3 is 5.97 Å². The fraction of sp³-hybridized carbons (Fsp3) is 0.160. The number of amides is 1. The van der Waals surface area contributed by atoms with Crippen molar-refractivity contribution in [2.75, 3.05) is 19.0 Å². The van der Waals surface area contributed by atoms with Crippen molar-refractivity contribution in [3.8, 4) is 11.5 Å². The van der Waals surface area contributed by atoms with E-state index in [-0.39, 0.29) is 5.91 Å². The third-order valence-electron chi connectivity index (χ3n) is 4.53. The number of hydrogen-bond donors (Lipinski definition) is 3. The highest BCUT2D eigenvalue weighted by molar-refractivity contribution is 6.30. The molecule has 0 saturated carbocycles. The quantitative estimate of drug-likeness (QED) is 0.290. The van der Waals surface area contributed by atoms with E-state index in [1.54, 1.807) is 18.2 Å². The Morgan fingerprint density at radius 2 is 1.74 bits per heavy atom. The number of hydrogen-bond acceptors (Lipinski definition) is 7. The van der Waals surface area contributed by atoms with Crippen LogP contribution in [0.2, 0.25) is 5.02 Å². The number of methoxy groups -OCH3 is 1. The predicted molar refractivity (Wildman–Crippen MR) is 131 cm³/mol. The maximum Gasteiger partial charge on any atom is 0.339 e. The number of pyridine rings is 1. The van der Waals surface area contributed by atoms with E-state index in [1.165, 1.54) is 25.6 Å². The van der Waals surface area contributed by atoms with Crippen molar-refractivity contribution < 1.29 is 19.1 Å². The van der Waals surface area contributed by atoms with Gasteiger partial charge in [-0.15, -0.1) is 0 Å². The van der Waals surface area contributed by atoms with Crippen LogP contribution in [0.1, 0.15) is 22.8 Å². The number of ether oxygens (including phenoxy) is 2. The summed E-state index contributed by atoms with van der Waals surface area (Å²) >= 11 is 5.95. The first-order chi connectivity index (χ1) is 16.5. The highest BCUT2D eigenvalue weighted by Crippen LogP contribution is 2.24. The van der Waals surface area contributed by atoms with Crippen molar-refractivity contribution in [2.24, 2.45) is 0 Å². The number of likely N-dealkylation sites (N-methyl/N-ethyl adjacent to an activating group) is 1. The maximum absolute atomic E-state index is 12.1. The second-order valence-corrected chi connectivity index (χ2v) is 7.52. The molecule has 34 heavy (non-hydrogen) atoms. The lowest BCUT2D eigenvalue weighted by molar-refractivity contribution is -0.116. The molecule has 1 heterocycles. The fourth-order valence-electron chi connectivity index (χ4n) is 2.89. The number of esters is 1. The zero-order valence-corrected chi connectivity index (χ0v) is 19.6. The molecule has 1 aromatic heterocycles. The molecule has 176 valence electrons. The molecular weight excluding hydrogens is 456 g/mol. The Labute approximate surface area is 202 Å². The number of aromatic nitrogens is 1. The number of nitrogens with one attached hydrogen (secondary N) is 3. The van der Waals surface area contributed by atoms with Crippen LogP contribution in [0.3, 0.4) is 0 Å². The summed E-state index contributed by atoms with van der Waals surface area (Å²) in [5, 5.41) is 9.85. The second-order valence-electron chi connectivity index (χ2n) is 7.08. The summed E-state index contributed by atoms with van der Waals surface area (Å²) in [7, 11) is 1.31. The lowest BCUT2D eigenvalue weighted by Crippen LogP contribution is -2.26. The number of anilines is 1. The molecule has 2 aromatic carbocycles. The average molecular weight is 481 g/mol. The molecule has 0 aliphatic heterocycles. The van der Waals surface area contributed by atoms with Crippen molar-refractivity contribution in [3.63, 3.8) is 0 Å². The number of carbonyl (C=O) groups is 2. The Bertz CT molecular complexity index is 1150. The Balaban J connectivity index is 1.68. The van der Waals surface area contributed by atoms with Crippen LogP contribution in [-0.2, 0) is 16.1 Å². The van der Waals surface area contributed by atoms with E-state index in [4.69, 9.17) is 21.1 Å². The van der Waals surface area contributed by atoms with Gasteiger partial charge in [-0.2, -0.15) is 0 Å². The first kappa shape index (κ1) is 24.6. The van der Waals surface area contributed by atoms with E-state index in [0.29, 0.717) is 41.0 Å². The van der Waals surface area contributed by atoms with Crippen molar-refractivity contribution in [3.05, 3.63) is 95.0 Å². The molecule has 0 unspecified atom stereocenters. The minimum atomic E-state index is -0.491. The summed E-state index contributed by atoms with van der Waals surface area (Å²) in [6.07, 6.45) is 4.38. The zero-order chi connectivity index (χ0) is 24.3. The average Bonchev–Trinajstić information content (AvgIpc) is 2.84. The van der Waals surface area contributed by atoms with Gasteiger partial charge in [-0.25, -0.2) is 4.79 Å². The Hall–Kier alpha value is -4.04. The van der Waals surface area contributed by atoms with Crippen LogP contribution in [0.5, 0.6) is 11.5 Å². The van der Waals surface area contributed by atoms with Gasteiger partial charge in [-0.05, 0) is 55.0 Å². The van der Waals surface area contributed by atoms with E-state index in [9.17, 15) is 9.59 Å². The third-order valence-corrected chi connectivity index (χ3v) is 4.78. The summed E-state index contributed by atoms with van der Waals surface area (Å²) in [5.74, 6) is 0.786. The predicted octanol–water partition coefficient (Wildman–Crippen LogP) is 4.49. The molecule has 0 spiro atoms. The number of rotatable bonds is 10. The largest absolute Gasteiger partial charge is 0.465 e. The smallest absolute Gasteiger partial charge is 0.339 e. The molecule has 0 atom stereocenters. The lowest BCUT2D eigenvalue weighted by atomic mass is 10.2. The minimum Gasteiger partial charge on any atom is -0.465 e. The van der Waals surface area contributed by atoms with E-state index in [2.05, 4.69) is 20.9 Å². The van der Waals surface area contributed by atoms with Gasteiger partial charge in [0.05, 0.1) is 18.9 Å². The van der Waals surface area contributed by atoms with Gasteiger partial charge < -0.3 is 25.4 Å². The van der Waals surface area contributed by atoms with Crippen molar-refractivity contribution in [1.82, 2.24) is 15.6 Å². The minimum absolute atomic E-state index is 0.216. The molecule has 3 N–H and O–H groups in total. The van der Waals surface area contributed by atoms with Crippen LogP contribution < -0.4 is 20.7 Å². The molecule has 0 bridgehead atoms. The lowest BCUT2D eigenvalue weighted by Gasteiger charge is -2.15. The van der Waals surface area contributed by atoms with Crippen LogP contribution in [0, 0.1) is 0 Å². The summed E-state index contributed by atoms with van der Waals surface area (Å²) in [5.41, 5.74) is 2.05. The van der Waals surface area contributed by atoms with E-state index in [1.807, 2.05) is 43.3 Å².